The Morgan fingerprint density at radius 2 is 1.53 bits per heavy atom. The van der Waals surface area contributed by atoms with Crippen molar-refractivity contribution in [3.63, 3.8) is 0 Å². The minimum Gasteiger partial charge on any atom is -0.423 e. The van der Waals surface area contributed by atoms with Crippen LogP contribution >= 0.6 is 0 Å². The van der Waals surface area contributed by atoms with E-state index in [0.717, 1.165) is 5.22 Å². The van der Waals surface area contributed by atoms with Gasteiger partial charge in [0.1, 0.15) is 5.42 Å². The molecule has 0 amide bonds. The predicted molar refractivity (Wildman–Crippen MR) is 67.2 cm³/mol. The van der Waals surface area contributed by atoms with E-state index in [1.807, 2.05) is 47.6 Å². The number of rotatable bonds is 0. The highest BCUT2D eigenvalue weighted by atomic mass is 16.4. The Labute approximate surface area is 91.9 Å². The molecule has 0 bridgehead atoms. The topological polar surface area (TPSA) is 30.2 Å². The van der Waals surface area contributed by atoms with Gasteiger partial charge in [-0.15, -0.1) is 0 Å². The summed E-state index contributed by atoms with van der Waals surface area (Å²) in [4.78, 5) is 10.7. The second-order valence-corrected chi connectivity index (χ2v) is 2.15. The summed E-state index contributed by atoms with van der Waals surface area (Å²) in [6.07, 6.45) is 3.68. The summed E-state index contributed by atoms with van der Waals surface area (Å²) in [7, 11) is 0. The first-order chi connectivity index (χ1) is 7.27. The average Bonchev–Trinajstić information content (AvgIpc) is 2.34. The van der Waals surface area contributed by atoms with Crippen molar-refractivity contribution in [1.82, 2.24) is 0 Å². The molecule has 0 N–H and O–H groups in total. The maximum atomic E-state index is 10.7. The highest BCUT2D eigenvalue weighted by Gasteiger charge is 1.85. The van der Waals surface area contributed by atoms with Crippen LogP contribution in [0.3, 0.4) is 0 Å². The van der Waals surface area contributed by atoms with E-state index in [2.05, 4.69) is 0 Å². The summed E-state index contributed by atoms with van der Waals surface area (Å²) in [5.74, 6) is 0. The lowest BCUT2D eigenvalue weighted by molar-refractivity contribution is 0.473. The Bertz CT molecular complexity index is 399. The van der Waals surface area contributed by atoms with Gasteiger partial charge < -0.3 is 4.42 Å². The Morgan fingerprint density at radius 3 is 1.93 bits per heavy atom. The number of hydrogen-bond donors (Lipinski definition) is 0. The van der Waals surface area contributed by atoms with E-state index in [9.17, 15) is 4.79 Å². The van der Waals surface area contributed by atoms with Gasteiger partial charge in [0.2, 0.25) is 0 Å². The van der Waals surface area contributed by atoms with Gasteiger partial charge in [-0.3, -0.25) is 0 Å². The third-order valence-corrected chi connectivity index (χ3v) is 1.47. The van der Waals surface area contributed by atoms with Gasteiger partial charge in [0.25, 0.3) is 0 Å². The first-order valence-corrected chi connectivity index (χ1v) is 5.51. The summed E-state index contributed by atoms with van der Waals surface area (Å²) in [6.45, 7) is 11.7. The Balaban J connectivity index is 0. The zero-order valence-corrected chi connectivity index (χ0v) is 10.6. The van der Waals surface area contributed by atoms with E-state index in [1.165, 1.54) is 6.07 Å². The molecule has 0 aliphatic carbocycles. The molecule has 1 aromatic rings. The standard InChI is InChI=1S/C9H10O2.2C2H6/c1-3-7-5-6-9(10)11-8(7)4-2;2*1-2/h3-6H,1-2H3;2*1-2H3/b7-3-,8-4+;;. The Kier molecular flexibility index (Phi) is 11.6. The zero-order valence-electron chi connectivity index (χ0n) is 10.6. The molecule has 0 aliphatic rings. The minimum absolute atomic E-state index is 0.302. The maximum absolute atomic E-state index is 10.7. The van der Waals surface area contributed by atoms with Crippen LogP contribution in [-0.4, -0.2) is 0 Å². The molecule has 0 aromatic carbocycles. The van der Waals surface area contributed by atoms with Gasteiger partial charge in [0.15, 0.2) is 0 Å². The lowest BCUT2D eigenvalue weighted by Gasteiger charge is -1.85. The van der Waals surface area contributed by atoms with Gasteiger partial charge >= 0.3 is 5.63 Å². The normalized spacial score (nSPS) is 11.1. The van der Waals surface area contributed by atoms with E-state index in [4.69, 9.17) is 4.42 Å². The van der Waals surface area contributed by atoms with Crippen molar-refractivity contribution in [1.29, 1.82) is 0 Å². The summed E-state index contributed by atoms with van der Waals surface area (Å²) in [5, 5.41) is 0.951. The molecule has 0 fully saturated rings. The van der Waals surface area contributed by atoms with Gasteiger partial charge in [-0.25, -0.2) is 4.79 Å². The monoisotopic (exact) mass is 210 g/mol. The average molecular weight is 210 g/mol. The van der Waals surface area contributed by atoms with Crippen LogP contribution in [0.25, 0.3) is 12.2 Å². The van der Waals surface area contributed by atoms with Crippen LogP contribution in [0.5, 0.6) is 0 Å². The molecule has 0 atom stereocenters. The molecular formula is C13H22O2. The first kappa shape index (κ1) is 16.1. The van der Waals surface area contributed by atoms with Crippen molar-refractivity contribution < 1.29 is 4.42 Å². The van der Waals surface area contributed by atoms with Gasteiger partial charge in [-0.1, -0.05) is 33.8 Å². The van der Waals surface area contributed by atoms with Crippen LogP contribution in [0.15, 0.2) is 21.3 Å². The molecule has 0 saturated carbocycles. The molecule has 0 radical (unpaired) electrons. The van der Waals surface area contributed by atoms with Crippen molar-refractivity contribution >= 4 is 12.2 Å². The van der Waals surface area contributed by atoms with Crippen molar-refractivity contribution in [2.24, 2.45) is 0 Å². The maximum Gasteiger partial charge on any atom is 0.336 e. The molecule has 1 rings (SSSR count). The van der Waals surface area contributed by atoms with Crippen LogP contribution in [0, 0.1) is 0 Å². The molecular weight excluding hydrogens is 188 g/mol. The van der Waals surface area contributed by atoms with E-state index in [1.54, 1.807) is 12.1 Å². The summed E-state index contributed by atoms with van der Waals surface area (Å²) < 4.78 is 4.91. The first-order valence-electron chi connectivity index (χ1n) is 5.51. The Hall–Kier alpha value is -1.31. The highest BCUT2D eigenvalue weighted by Crippen LogP contribution is 1.63. The van der Waals surface area contributed by atoms with Gasteiger partial charge in [0, 0.05) is 11.3 Å². The largest absolute Gasteiger partial charge is 0.423 e. The molecule has 1 heterocycles. The molecule has 1 aromatic heterocycles. The Morgan fingerprint density at radius 1 is 1.00 bits per heavy atom. The number of hydrogen-bond acceptors (Lipinski definition) is 2. The molecule has 0 aliphatic heterocycles. The molecule has 86 valence electrons. The molecule has 0 spiro atoms. The van der Waals surface area contributed by atoms with Gasteiger partial charge in [-0.2, -0.15) is 0 Å². The molecule has 2 nitrogen and oxygen atoms in total. The van der Waals surface area contributed by atoms with E-state index in [-0.39, 0.29) is 5.63 Å². The third-order valence-electron chi connectivity index (χ3n) is 1.47. The second kappa shape index (κ2) is 10.8. The summed E-state index contributed by atoms with van der Waals surface area (Å²) >= 11 is 0. The SMILES string of the molecule is C/C=c1/ccc(=O)o/c1=C/C.CC.CC. The summed E-state index contributed by atoms with van der Waals surface area (Å²) in [6, 6.07) is 3.17. The minimum atomic E-state index is -0.302. The molecule has 0 unspecified atom stereocenters. The molecule has 2 heteroatoms. The quantitative estimate of drug-likeness (QED) is 0.657. The van der Waals surface area contributed by atoms with Crippen molar-refractivity contribution in [2.75, 3.05) is 0 Å². The van der Waals surface area contributed by atoms with Crippen LogP contribution in [0.1, 0.15) is 41.5 Å². The third kappa shape index (κ3) is 5.89. The van der Waals surface area contributed by atoms with Crippen LogP contribution < -0.4 is 16.3 Å². The lowest BCUT2D eigenvalue weighted by Crippen LogP contribution is -2.27. The van der Waals surface area contributed by atoms with Crippen molar-refractivity contribution in [2.45, 2.75) is 41.5 Å². The van der Waals surface area contributed by atoms with E-state index < -0.39 is 0 Å². The highest BCUT2D eigenvalue weighted by molar-refractivity contribution is 5.23. The van der Waals surface area contributed by atoms with E-state index in [0.29, 0.717) is 5.42 Å². The van der Waals surface area contributed by atoms with Crippen LogP contribution in [0.2, 0.25) is 0 Å². The fourth-order valence-electron chi connectivity index (χ4n) is 0.905. The zero-order chi connectivity index (χ0) is 12.3. The second-order valence-electron chi connectivity index (χ2n) is 2.15. The summed E-state index contributed by atoms with van der Waals surface area (Å²) in [5.41, 5.74) is 0.337. The molecule has 0 saturated heterocycles. The lowest BCUT2D eigenvalue weighted by atomic mass is 10.3. The van der Waals surface area contributed by atoms with Crippen LogP contribution in [-0.2, 0) is 0 Å². The van der Waals surface area contributed by atoms with Gasteiger partial charge in [-0.05, 0) is 26.0 Å². The van der Waals surface area contributed by atoms with Gasteiger partial charge in [0.05, 0.1) is 0 Å². The smallest absolute Gasteiger partial charge is 0.336 e. The van der Waals surface area contributed by atoms with E-state index >= 15 is 0 Å². The predicted octanol–water partition coefficient (Wildman–Crippen LogP) is 2.29. The van der Waals surface area contributed by atoms with Crippen molar-refractivity contribution in [3.05, 3.63) is 33.2 Å². The van der Waals surface area contributed by atoms with Crippen molar-refractivity contribution in [3.8, 4) is 0 Å². The van der Waals surface area contributed by atoms with Crippen LogP contribution in [0.4, 0.5) is 0 Å². The fourth-order valence-corrected chi connectivity index (χ4v) is 0.905. The molecule has 15 heavy (non-hydrogen) atoms. The fraction of sp³-hybridized carbons (Fsp3) is 0.462.